The van der Waals surface area contributed by atoms with Gasteiger partial charge in [-0.15, -0.1) is 0 Å². The summed E-state index contributed by atoms with van der Waals surface area (Å²) in [5, 5.41) is 12.9. The van der Waals surface area contributed by atoms with Gasteiger partial charge in [-0.2, -0.15) is 0 Å². The molecule has 0 atom stereocenters. The minimum absolute atomic E-state index is 0.102. The van der Waals surface area contributed by atoms with Crippen molar-refractivity contribution in [1.29, 1.82) is 0 Å². The number of phenols is 1. The van der Waals surface area contributed by atoms with Crippen LogP contribution in [0.1, 0.15) is 17.0 Å². The molecule has 0 fully saturated rings. The van der Waals surface area contributed by atoms with Gasteiger partial charge < -0.3 is 10.4 Å². The number of halogens is 1. The van der Waals surface area contributed by atoms with Gasteiger partial charge in [-0.1, -0.05) is 17.7 Å². The molecule has 2 rings (SSSR count). The topological polar surface area (TPSA) is 58.0 Å². The van der Waals surface area contributed by atoms with Crippen molar-refractivity contribution in [3.63, 3.8) is 0 Å². The summed E-state index contributed by atoms with van der Waals surface area (Å²) in [6.07, 6.45) is 3.50. The van der Waals surface area contributed by atoms with Gasteiger partial charge in [-0.3, -0.25) is 9.97 Å². The first-order valence-corrected chi connectivity index (χ1v) is 5.98. The van der Waals surface area contributed by atoms with Gasteiger partial charge in [0, 0.05) is 25.5 Å². The van der Waals surface area contributed by atoms with Crippen molar-refractivity contribution in [3.05, 3.63) is 52.6 Å². The molecule has 4 nitrogen and oxygen atoms in total. The zero-order valence-electron chi connectivity index (χ0n) is 10.0. The maximum Gasteiger partial charge on any atom is 0.134 e. The molecule has 1 aromatic heterocycles. The van der Waals surface area contributed by atoms with Crippen molar-refractivity contribution < 1.29 is 5.11 Å². The standard InChI is InChI=1S/C13H14ClN3O/c1-9-5-17-11(8-16-9)7-15-6-10-2-3-13(18)12(14)4-10/h2-5,8,15,18H,6-7H2,1H3. The molecule has 94 valence electrons. The third-order valence-corrected chi connectivity index (χ3v) is 2.78. The molecule has 1 aromatic carbocycles. The Balaban J connectivity index is 1.88. The van der Waals surface area contributed by atoms with Crippen LogP contribution in [0.25, 0.3) is 0 Å². The highest BCUT2D eigenvalue weighted by atomic mass is 35.5. The van der Waals surface area contributed by atoms with Crippen LogP contribution in [0.4, 0.5) is 0 Å². The van der Waals surface area contributed by atoms with Crippen LogP contribution in [0, 0.1) is 6.92 Å². The molecule has 0 aliphatic heterocycles. The average Bonchev–Trinajstić information content (AvgIpc) is 2.36. The Morgan fingerprint density at radius 1 is 1.22 bits per heavy atom. The number of nitrogens with zero attached hydrogens (tertiary/aromatic N) is 2. The Kier molecular flexibility index (Phi) is 4.12. The normalized spacial score (nSPS) is 10.6. The molecule has 0 aliphatic rings. The Hall–Kier alpha value is -1.65. The van der Waals surface area contributed by atoms with Gasteiger partial charge in [0.2, 0.25) is 0 Å². The highest BCUT2D eigenvalue weighted by Crippen LogP contribution is 2.23. The summed E-state index contributed by atoms with van der Waals surface area (Å²) in [7, 11) is 0. The third kappa shape index (κ3) is 3.42. The van der Waals surface area contributed by atoms with Gasteiger partial charge in [0.15, 0.2) is 0 Å². The summed E-state index contributed by atoms with van der Waals surface area (Å²) in [4.78, 5) is 8.42. The number of rotatable bonds is 4. The van der Waals surface area contributed by atoms with E-state index in [0.29, 0.717) is 18.1 Å². The van der Waals surface area contributed by atoms with E-state index in [1.54, 1.807) is 24.5 Å². The Morgan fingerprint density at radius 2 is 2.06 bits per heavy atom. The number of hydrogen-bond donors (Lipinski definition) is 2. The fourth-order valence-corrected chi connectivity index (χ4v) is 1.71. The fraction of sp³-hybridized carbons (Fsp3) is 0.231. The molecule has 0 radical (unpaired) electrons. The first-order chi connectivity index (χ1) is 8.65. The van der Waals surface area contributed by atoms with E-state index in [-0.39, 0.29) is 5.75 Å². The lowest BCUT2D eigenvalue weighted by Gasteiger charge is -2.05. The molecule has 18 heavy (non-hydrogen) atoms. The maximum absolute atomic E-state index is 9.30. The Bertz CT molecular complexity index is 528. The van der Waals surface area contributed by atoms with Crippen LogP contribution >= 0.6 is 11.6 Å². The van der Waals surface area contributed by atoms with E-state index >= 15 is 0 Å². The molecule has 0 saturated heterocycles. The lowest BCUT2D eigenvalue weighted by molar-refractivity contribution is 0.475. The van der Waals surface area contributed by atoms with Gasteiger partial charge in [0.1, 0.15) is 5.75 Å². The second-order valence-corrected chi connectivity index (χ2v) is 4.45. The van der Waals surface area contributed by atoms with E-state index in [0.717, 1.165) is 17.0 Å². The average molecular weight is 264 g/mol. The zero-order chi connectivity index (χ0) is 13.0. The highest BCUT2D eigenvalue weighted by Gasteiger charge is 2.00. The summed E-state index contributed by atoms with van der Waals surface area (Å²) in [5.41, 5.74) is 2.81. The van der Waals surface area contributed by atoms with Gasteiger partial charge >= 0.3 is 0 Å². The van der Waals surface area contributed by atoms with E-state index in [4.69, 9.17) is 11.6 Å². The lowest BCUT2D eigenvalue weighted by Crippen LogP contribution is -2.13. The fourth-order valence-electron chi connectivity index (χ4n) is 1.51. The van der Waals surface area contributed by atoms with Gasteiger partial charge in [0.05, 0.1) is 16.4 Å². The Morgan fingerprint density at radius 3 is 2.72 bits per heavy atom. The van der Waals surface area contributed by atoms with Gasteiger partial charge in [-0.05, 0) is 24.6 Å². The van der Waals surface area contributed by atoms with Crippen molar-refractivity contribution >= 4 is 11.6 Å². The molecule has 0 amide bonds. The number of phenolic OH excluding ortho intramolecular Hbond substituents is 1. The summed E-state index contributed by atoms with van der Waals surface area (Å²) >= 11 is 5.83. The molecule has 2 N–H and O–H groups in total. The summed E-state index contributed by atoms with van der Waals surface area (Å²) in [6, 6.07) is 5.16. The molecule has 0 saturated carbocycles. The van der Waals surface area contributed by atoms with Crippen LogP contribution in [0.2, 0.25) is 5.02 Å². The minimum atomic E-state index is 0.102. The Labute approximate surface area is 111 Å². The van der Waals surface area contributed by atoms with Crippen molar-refractivity contribution in [2.45, 2.75) is 20.0 Å². The smallest absolute Gasteiger partial charge is 0.134 e. The highest BCUT2D eigenvalue weighted by molar-refractivity contribution is 6.32. The largest absolute Gasteiger partial charge is 0.506 e. The first-order valence-electron chi connectivity index (χ1n) is 5.61. The number of nitrogens with one attached hydrogen (secondary N) is 1. The quantitative estimate of drug-likeness (QED) is 0.890. The van der Waals surface area contributed by atoms with E-state index in [1.807, 2.05) is 13.0 Å². The van der Waals surface area contributed by atoms with Crippen molar-refractivity contribution in [2.75, 3.05) is 0 Å². The summed E-state index contributed by atoms with van der Waals surface area (Å²) in [5.74, 6) is 0.102. The molecule has 0 aliphatic carbocycles. The third-order valence-electron chi connectivity index (χ3n) is 2.48. The second kappa shape index (κ2) is 5.80. The molecule has 0 unspecified atom stereocenters. The molecule has 0 spiro atoms. The van der Waals surface area contributed by atoms with Crippen molar-refractivity contribution in [2.24, 2.45) is 0 Å². The molecular weight excluding hydrogens is 250 g/mol. The van der Waals surface area contributed by atoms with E-state index < -0.39 is 0 Å². The molecule has 5 heteroatoms. The SMILES string of the molecule is Cc1cnc(CNCc2ccc(O)c(Cl)c2)cn1. The monoisotopic (exact) mass is 263 g/mol. The summed E-state index contributed by atoms with van der Waals surface area (Å²) in [6.45, 7) is 3.21. The van der Waals surface area contributed by atoms with E-state index in [9.17, 15) is 5.11 Å². The number of benzene rings is 1. The molecule has 1 heterocycles. The molecule has 2 aromatic rings. The molecule has 0 bridgehead atoms. The van der Waals surface area contributed by atoms with Gasteiger partial charge in [0.25, 0.3) is 0 Å². The van der Waals surface area contributed by atoms with Crippen LogP contribution in [-0.4, -0.2) is 15.1 Å². The number of aryl methyl sites for hydroxylation is 1. The van der Waals surface area contributed by atoms with Crippen molar-refractivity contribution in [3.8, 4) is 5.75 Å². The van der Waals surface area contributed by atoms with E-state index in [1.165, 1.54) is 0 Å². The number of hydrogen-bond acceptors (Lipinski definition) is 4. The van der Waals surface area contributed by atoms with Crippen LogP contribution in [0.5, 0.6) is 5.75 Å². The second-order valence-electron chi connectivity index (χ2n) is 4.04. The van der Waals surface area contributed by atoms with Crippen molar-refractivity contribution in [1.82, 2.24) is 15.3 Å². The van der Waals surface area contributed by atoms with Crippen LogP contribution < -0.4 is 5.32 Å². The number of aromatic hydroxyl groups is 1. The summed E-state index contributed by atoms with van der Waals surface area (Å²) < 4.78 is 0. The van der Waals surface area contributed by atoms with Crippen LogP contribution in [0.3, 0.4) is 0 Å². The van der Waals surface area contributed by atoms with Gasteiger partial charge in [-0.25, -0.2) is 0 Å². The zero-order valence-corrected chi connectivity index (χ0v) is 10.8. The van der Waals surface area contributed by atoms with Crippen LogP contribution in [-0.2, 0) is 13.1 Å². The minimum Gasteiger partial charge on any atom is -0.506 e. The number of aromatic nitrogens is 2. The lowest BCUT2D eigenvalue weighted by atomic mass is 10.2. The predicted molar refractivity (Wildman–Crippen MR) is 70.4 cm³/mol. The van der Waals surface area contributed by atoms with Crippen LogP contribution in [0.15, 0.2) is 30.6 Å². The molecular formula is C13H14ClN3O. The van der Waals surface area contributed by atoms with E-state index in [2.05, 4.69) is 15.3 Å². The first kappa shape index (κ1) is 12.8. The predicted octanol–water partition coefficient (Wildman–Crippen LogP) is 2.43. The maximum atomic E-state index is 9.30.